The molecule has 2 aliphatic rings. The van der Waals surface area contributed by atoms with E-state index in [0.29, 0.717) is 17.5 Å². The van der Waals surface area contributed by atoms with E-state index in [2.05, 4.69) is 67.8 Å². The van der Waals surface area contributed by atoms with Crippen molar-refractivity contribution in [1.82, 2.24) is 5.32 Å². The molecule has 0 spiro atoms. The number of nitrogens with one attached hydrogen (secondary N) is 2. The van der Waals surface area contributed by atoms with Crippen LogP contribution in [0.2, 0.25) is 0 Å². The Morgan fingerprint density at radius 2 is 1.45 bits per heavy atom. The van der Waals surface area contributed by atoms with Gasteiger partial charge in [0.2, 0.25) is 0 Å². The summed E-state index contributed by atoms with van der Waals surface area (Å²) in [6.45, 7) is 7.84. The van der Waals surface area contributed by atoms with E-state index in [1.807, 2.05) is 36.4 Å². The van der Waals surface area contributed by atoms with Crippen molar-refractivity contribution in [2.24, 2.45) is 5.92 Å². The minimum atomic E-state index is -0.0761. The van der Waals surface area contributed by atoms with Crippen LogP contribution in [0.25, 0.3) is 11.1 Å². The van der Waals surface area contributed by atoms with Crippen LogP contribution in [-0.2, 0) is 5.41 Å². The lowest BCUT2D eigenvalue weighted by Crippen LogP contribution is -2.20. The molecule has 2 fully saturated rings. The molecule has 0 heterocycles. The number of carbonyl (C=O) groups is 1. The first-order valence-electron chi connectivity index (χ1n) is 12.2. The van der Waals surface area contributed by atoms with E-state index < -0.39 is 0 Å². The van der Waals surface area contributed by atoms with Gasteiger partial charge in [-0.3, -0.25) is 4.79 Å². The molecule has 33 heavy (non-hydrogen) atoms. The molecule has 0 radical (unpaired) electrons. The van der Waals surface area contributed by atoms with Gasteiger partial charge in [-0.1, -0.05) is 69.3 Å². The third kappa shape index (κ3) is 5.36. The molecule has 3 aromatic carbocycles. The van der Waals surface area contributed by atoms with E-state index in [0.717, 1.165) is 22.7 Å². The third-order valence-electron chi connectivity index (χ3n) is 6.98. The molecule has 0 saturated heterocycles. The average Bonchev–Trinajstić information content (AvgIpc) is 3.73. The van der Waals surface area contributed by atoms with Crippen LogP contribution >= 0.6 is 0 Å². The standard InChI is InChI=1S/C30H34N2O/c1-30(2,3)25-14-10-22(11-15-25)21-6-8-24(9-7-21)29(33)32-26-16-12-23(13-17-26)27-18-28(27)31-19-20-4-5-20/h6-17,20,27-28,31H,4-5,18-19H2,1-3H3,(H,32,33). The Morgan fingerprint density at radius 3 is 2.03 bits per heavy atom. The second-order valence-electron chi connectivity index (χ2n) is 10.8. The van der Waals surface area contributed by atoms with Crippen LogP contribution in [0, 0.1) is 5.92 Å². The van der Waals surface area contributed by atoms with E-state index in [1.165, 1.54) is 36.9 Å². The van der Waals surface area contributed by atoms with Crippen LogP contribution < -0.4 is 10.6 Å². The minimum Gasteiger partial charge on any atom is -0.322 e. The van der Waals surface area contributed by atoms with Crippen LogP contribution in [0.3, 0.4) is 0 Å². The molecule has 0 aliphatic heterocycles. The molecule has 3 heteroatoms. The second-order valence-corrected chi connectivity index (χ2v) is 10.8. The number of benzene rings is 3. The van der Waals surface area contributed by atoms with Gasteiger partial charge in [0.15, 0.2) is 0 Å². The van der Waals surface area contributed by atoms with E-state index >= 15 is 0 Å². The molecule has 5 rings (SSSR count). The van der Waals surface area contributed by atoms with Crippen LogP contribution in [0.1, 0.15) is 67.4 Å². The van der Waals surface area contributed by atoms with Crippen molar-refractivity contribution in [3.8, 4) is 11.1 Å². The van der Waals surface area contributed by atoms with Gasteiger partial charge in [-0.15, -0.1) is 0 Å². The highest BCUT2D eigenvalue weighted by Crippen LogP contribution is 2.42. The first-order chi connectivity index (χ1) is 15.9. The van der Waals surface area contributed by atoms with Gasteiger partial charge in [-0.05, 0) is 83.7 Å². The van der Waals surface area contributed by atoms with Gasteiger partial charge in [-0.2, -0.15) is 0 Å². The Kier molecular flexibility index (Phi) is 5.84. The summed E-state index contributed by atoms with van der Waals surface area (Å²) in [5.74, 6) is 1.47. The Hall–Kier alpha value is -2.91. The normalized spacial score (nSPS) is 19.8. The molecule has 3 nitrogen and oxygen atoms in total. The first kappa shape index (κ1) is 21.9. The summed E-state index contributed by atoms with van der Waals surface area (Å²) in [4.78, 5) is 12.7. The molecular formula is C30H34N2O. The van der Waals surface area contributed by atoms with E-state index in [1.54, 1.807) is 0 Å². The van der Waals surface area contributed by atoms with E-state index in [4.69, 9.17) is 0 Å². The predicted molar refractivity (Wildman–Crippen MR) is 137 cm³/mol. The maximum Gasteiger partial charge on any atom is 0.255 e. The third-order valence-corrected chi connectivity index (χ3v) is 6.98. The molecule has 0 aromatic heterocycles. The summed E-state index contributed by atoms with van der Waals surface area (Å²) in [6.07, 6.45) is 4.02. The van der Waals surface area contributed by atoms with Crippen molar-refractivity contribution in [2.45, 2.75) is 57.4 Å². The molecule has 170 valence electrons. The number of hydrogen-bond donors (Lipinski definition) is 2. The fourth-order valence-electron chi connectivity index (χ4n) is 4.42. The number of amides is 1. The van der Waals surface area contributed by atoms with Gasteiger partial charge in [0.05, 0.1) is 0 Å². The molecule has 2 aliphatic carbocycles. The molecule has 1 amide bonds. The Balaban J connectivity index is 1.17. The number of hydrogen-bond acceptors (Lipinski definition) is 2. The van der Waals surface area contributed by atoms with Gasteiger partial charge in [-0.25, -0.2) is 0 Å². The summed E-state index contributed by atoms with van der Waals surface area (Å²) in [6, 6.07) is 25.5. The second kappa shape index (κ2) is 8.79. The zero-order valence-electron chi connectivity index (χ0n) is 19.9. The summed E-state index contributed by atoms with van der Waals surface area (Å²) in [5.41, 5.74) is 6.62. The average molecular weight is 439 g/mol. The van der Waals surface area contributed by atoms with Crippen LogP contribution in [0.15, 0.2) is 72.8 Å². The SMILES string of the molecule is CC(C)(C)c1ccc(-c2ccc(C(=O)Nc3ccc(C4CC4NCC4CC4)cc3)cc2)cc1. The highest BCUT2D eigenvalue weighted by Gasteiger charge is 2.38. The lowest BCUT2D eigenvalue weighted by molar-refractivity contribution is 0.102. The van der Waals surface area contributed by atoms with Gasteiger partial charge in [0, 0.05) is 23.2 Å². The van der Waals surface area contributed by atoms with E-state index in [-0.39, 0.29) is 11.3 Å². The molecule has 2 unspecified atom stereocenters. The van der Waals surface area contributed by atoms with Crippen molar-refractivity contribution in [2.75, 3.05) is 11.9 Å². The molecule has 2 saturated carbocycles. The van der Waals surface area contributed by atoms with Crippen LogP contribution in [0.4, 0.5) is 5.69 Å². The monoisotopic (exact) mass is 438 g/mol. The van der Waals surface area contributed by atoms with Gasteiger partial charge in [0.1, 0.15) is 0 Å². The predicted octanol–water partition coefficient (Wildman–Crippen LogP) is 6.76. The fourth-order valence-corrected chi connectivity index (χ4v) is 4.42. The fraction of sp³-hybridized carbons (Fsp3) is 0.367. The van der Waals surface area contributed by atoms with Gasteiger partial charge >= 0.3 is 0 Å². The molecule has 0 bridgehead atoms. The van der Waals surface area contributed by atoms with Crippen molar-refractivity contribution >= 4 is 11.6 Å². The number of rotatable bonds is 7. The van der Waals surface area contributed by atoms with Crippen LogP contribution in [0.5, 0.6) is 0 Å². The Morgan fingerprint density at radius 1 is 0.848 bits per heavy atom. The lowest BCUT2D eigenvalue weighted by atomic mass is 9.86. The highest BCUT2D eigenvalue weighted by molar-refractivity contribution is 6.04. The molecule has 2 atom stereocenters. The Bertz CT molecular complexity index is 1100. The van der Waals surface area contributed by atoms with Crippen molar-refractivity contribution in [3.63, 3.8) is 0 Å². The quantitative estimate of drug-likeness (QED) is 0.428. The maximum absolute atomic E-state index is 12.7. The van der Waals surface area contributed by atoms with E-state index in [9.17, 15) is 4.79 Å². The van der Waals surface area contributed by atoms with Crippen molar-refractivity contribution in [1.29, 1.82) is 0 Å². The molecule has 2 N–H and O–H groups in total. The number of anilines is 1. The first-order valence-corrected chi connectivity index (χ1v) is 12.2. The number of carbonyl (C=O) groups excluding carboxylic acids is 1. The smallest absolute Gasteiger partial charge is 0.255 e. The summed E-state index contributed by atoms with van der Waals surface area (Å²) in [7, 11) is 0. The van der Waals surface area contributed by atoms with Gasteiger partial charge < -0.3 is 10.6 Å². The summed E-state index contributed by atoms with van der Waals surface area (Å²) < 4.78 is 0. The Labute approximate surface area is 197 Å². The largest absolute Gasteiger partial charge is 0.322 e. The summed E-state index contributed by atoms with van der Waals surface area (Å²) >= 11 is 0. The maximum atomic E-state index is 12.7. The van der Waals surface area contributed by atoms with Crippen molar-refractivity contribution < 1.29 is 4.79 Å². The summed E-state index contributed by atoms with van der Waals surface area (Å²) in [5, 5.41) is 6.72. The highest BCUT2D eigenvalue weighted by atomic mass is 16.1. The topological polar surface area (TPSA) is 41.1 Å². The zero-order chi connectivity index (χ0) is 23.0. The lowest BCUT2D eigenvalue weighted by Gasteiger charge is -2.19. The van der Waals surface area contributed by atoms with Crippen molar-refractivity contribution in [3.05, 3.63) is 89.5 Å². The molecule has 3 aromatic rings. The minimum absolute atomic E-state index is 0.0761. The zero-order valence-corrected chi connectivity index (χ0v) is 19.9. The molecular weight excluding hydrogens is 404 g/mol. The van der Waals surface area contributed by atoms with Crippen LogP contribution in [-0.4, -0.2) is 18.5 Å². The van der Waals surface area contributed by atoms with Gasteiger partial charge in [0.25, 0.3) is 5.91 Å².